The van der Waals surface area contributed by atoms with Gasteiger partial charge in [0.2, 0.25) is 0 Å². The van der Waals surface area contributed by atoms with Gasteiger partial charge in [-0.15, -0.1) is 11.8 Å². The molecule has 0 unspecified atom stereocenters. The molecular formula is C18H24N2S. The lowest BCUT2D eigenvalue weighted by Gasteiger charge is -2.06. The van der Waals surface area contributed by atoms with Gasteiger partial charge in [0.25, 0.3) is 0 Å². The molecule has 2 nitrogen and oxygen atoms in total. The summed E-state index contributed by atoms with van der Waals surface area (Å²) in [6, 6.07) is 8.90. The highest BCUT2D eigenvalue weighted by Gasteiger charge is 1.99. The first-order valence-corrected chi connectivity index (χ1v) is 8.49. The SMILES string of the molecule is CC(=CCn1ccnc1)c1ccc(SCCC(C)C)cc1. The number of hydrogen-bond donors (Lipinski definition) is 0. The van der Waals surface area contributed by atoms with Crippen LogP contribution >= 0.6 is 11.8 Å². The van der Waals surface area contributed by atoms with Crippen LogP contribution in [-0.4, -0.2) is 15.3 Å². The quantitative estimate of drug-likeness (QED) is 0.660. The maximum atomic E-state index is 4.06. The second-order valence-corrected chi connectivity index (χ2v) is 6.87. The average Bonchev–Trinajstić information content (AvgIpc) is 2.98. The van der Waals surface area contributed by atoms with Crippen LogP contribution in [0, 0.1) is 5.92 Å². The lowest BCUT2D eigenvalue weighted by Crippen LogP contribution is -1.91. The van der Waals surface area contributed by atoms with E-state index in [1.54, 1.807) is 0 Å². The van der Waals surface area contributed by atoms with E-state index in [1.807, 2.05) is 30.5 Å². The van der Waals surface area contributed by atoms with Gasteiger partial charge in [0.05, 0.1) is 6.33 Å². The molecule has 0 aliphatic heterocycles. The summed E-state index contributed by atoms with van der Waals surface area (Å²) >= 11 is 1.95. The fourth-order valence-corrected chi connectivity index (χ4v) is 3.13. The Bertz CT molecular complexity index is 553. The Morgan fingerprint density at radius 2 is 2.05 bits per heavy atom. The third-order valence-electron chi connectivity index (χ3n) is 3.44. The van der Waals surface area contributed by atoms with Gasteiger partial charge in [-0.3, -0.25) is 0 Å². The molecule has 1 aromatic heterocycles. The molecule has 0 amide bonds. The molecule has 0 aliphatic rings. The van der Waals surface area contributed by atoms with Gasteiger partial charge in [-0.25, -0.2) is 4.98 Å². The first-order valence-electron chi connectivity index (χ1n) is 7.51. The van der Waals surface area contributed by atoms with Gasteiger partial charge >= 0.3 is 0 Å². The molecule has 112 valence electrons. The summed E-state index contributed by atoms with van der Waals surface area (Å²) in [6.45, 7) is 7.59. The van der Waals surface area contributed by atoms with Crippen LogP contribution in [0.4, 0.5) is 0 Å². The summed E-state index contributed by atoms with van der Waals surface area (Å²) in [6.07, 6.45) is 9.15. The van der Waals surface area contributed by atoms with Crippen LogP contribution in [0.2, 0.25) is 0 Å². The van der Waals surface area contributed by atoms with Crippen LogP contribution in [0.5, 0.6) is 0 Å². The minimum atomic E-state index is 0.783. The fraction of sp³-hybridized carbons (Fsp3) is 0.389. The summed E-state index contributed by atoms with van der Waals surface area (Å²) in [5, 5.41) is 0. The van der Waals surface area contributed by atoms with E-state index in [2.05, 4.69) is 60.7 Å². The van der Waals surface area contributed by atoms with Crippen LogP contribution in [0.1, 0.15) is 32.8 Å². The van der Waals surface area contributed by atoms with Crippen LogP contribution in [-0.2, 0) is 6.54 Å². The van der Waals surface area contributed by atoms with Crippen molar-refractivity contribution in [3.05, 3.63) is 54.6 Å². The maximum absolute atomic E-state index is 4.06. The largest absolute Gasteiger partial charge is 0.334 e. The second-order valence-electron chi connectivity index (χ2n) is 5.70. The summed E-state index contributed by atoms with van der Waals surface area (Å²) in [4.78, 5) is 5.42. The zero-order valence-electron chi connectivity index (χ0n) is 13.1. The third-order valence-corrected chi connectivity index (χ3v) is 4.49. The van der Waals surface area contributed by atoms with Gasteiger partial charge in [-0.2, -0.15) is 0 Å². The summed E-state index contributed by atoms with van der Waals surface area (Å²) in [7, 11) is 0. The number of benzene rings is 1. The first kappa shape index (κ1) is 15.9. The summed E-state index contributed by atoms with van der Waals surface area (Å²) in [5.74, 6) is 1.98. The summed E-state index contributed by atoms with van der Waals surface area (Å²) in [5.41, 5.74) is 2.60. The van der Waals surface area contributed by atoms with Gasteiger partial charge in [0, 0.05) is 23.8 Å². The van der Waals surface area contributed by atoms with Crippen molar-refractivity contribution in [1.82, 2.24) is 9.55 Å². The highest BCUT2D eigenvalue weighted by Crippen LogP contribution is 2.23. The molecule has 0 atom stereocenters. The van der Waals surface area contributed by atoms with Gasteiger partial charge < -0.3 is 4.57 Å². The molecule has 1 aromatic carbocycles. The zero-order chi connectivity index (χ0) is 15.1. The second kappa shape index (κ2) is 8.08. The molecular weight excluding hydrogens is 276 g/mol. The summed E-state index contributed by atoms with van der Waals surface area (Å²) < 4.78 is 2.07. The molecule has 0 N–H and O–H groups in total. The van der Waals surface area contributed by atoms with E-state index < -0.39 is 0 Å². The predicted octanol–water partition coefficient (Wildman–Crippen LogP) is 5.12. The fourth-order valence-electron chi connectivity index (χ4n) is 1.98. The van der Waals surface area contributed by atoms with Crippen molar-refractivity contribution in [3.8, 4) is 0 Å². The minimum absolute atomic E-state index is 0.783. The molecule has 3 heteroatoms. The minimum Gasteiger partial charge on any atom is -0.334 e. The molecule has 0 saturated heterocycles. The molecule has 2 aromatic rings. The Kier molecular flexibility index (Phi) is 6.12. The first-order chi connectivity index (χ1) is 10.1. The predicted molar refractivity (Wildman–Crippen MR) is 92.5 cm³/mol. The van der Waals surface area contributed by atoms with Crippen molar-refractivity contribution >= 4 is 17.3 Å². The number of imidazole rings is 1. The number of allylic oxidation sites excluding steroid dienone is 2. The number of nitrogens with zero attached hydrogens (tertiary/aromatic N) is 2. The van der Waals surface area contributed by atoms with Crippen LogP contribution in [0.25, 0.3) is 5.57 Å². The van der Waals surface area contributed by atoms with Gasteiger partial charge in [0.15, 0.2) is 0 Å². The van der Waals surface area contributed by atoms with E-state index in [9.17, 15) is 0 Å². The van der Waals surface area contributed by atoms with Crippen molar-refractivity contribution in [1.29, 1.82) is 0 Å². The Morgan fingerprint density at radius 3 is 2.67 bits per heavy atom. The van der Waals surface area contributed by atoms with E-state index in [-0.39, 0.29) is 0 Å². The van der Waals surface area contributed by atoms with Crippen molar-refractivity contribution in [2.24, 2.45) is 5.92 Å². The molecule has 0 fully saturated rings. The molecule has 0 bridgehead atoms. The van der Waals surface area contributed by atoms with Crippen molar-refractivity contribution in [2.75, 3.05) is 5.75 Å². The van der Waals surface area contributed by atoms with Crippen molar-refractivity contribution in [3.63, 3.8) is 0 Å². The Hall–Kier alpha value is -1.48. The smallest absolute Gasteiger partial charge is 0.0948 e. The maximum Gasteiger partial charge on any atom is 0.0948 e. The normalized spacial score (nSPS) is 12.1. The van der Waals surface area contributed by atoms with E-state index in [1.165, 1.54) is 28.2 Å². The molecule has 0 aliphatic carbocycles. The van der Waals surface area contributed by atoms with Crippen molar-refractivity contribution in [2.45, 2.75) is 38.6 Å². The number of thioether (sulfide) groups is 1. The third kappa shape index (κ3) is 5.43. The van der Waals surface area contributed by atoms with Crippen molar-refractivity contribution < 1.29 is 0 Å². The number of rotatable bonds is 7. The van der Waals surface area contributed by atoms with Crippen LogP contribution in [0.3, 0.4) is 0 Å². The Balaban J connectivity index is 1.90. The van der Waals surface area contributed by atoms with E-state index in [0.29, 0.717) is 0 Å². The van der Waals surface area contributed by atoms with Gasteiger partial charge in [0.1, 0.15) is 0 Å². The lowest BCUT2D eigenvalue weighted by atomic mass is 10.1. The molecule has 0 radical (unpaired) electrons. The lowest BCUT2D eigenvalue weighted by molar-refractivity contribution is 0.632. The zero-order valence-corrected chi connectivity index (χ0v) is 13.9. The van der Waals surface area contributed by atoms with E-state index in [0.717, 1.165) is 12.5 Å². The van der Waals surface area contributed by atoms with E-state index in [4.69, 9.17) is 0 Å². The molecule has 1 heterocycles. The topological polar surface area (TPSA) is 17.8 Å². The highest BCUT2D eigenvalue weighted by molar-refractivity contribution is 7.99. The molecule has 0 spiro atoms. The van der Waals surface area contributed by atoms with Gasteiger partial charge in [-0.1, -0.05) is 32.1 Å². The van der Waals surface area contributed by atoms with E-state index >= 15 is 0 Å². The van der Waals surface area contributed by atoms with Gasteiger partial charge in [-0.05, 0) is 48.3 Å². The standard InChI is InChI=1S/C18H24N2S/c1-15(2)9-13-21-18-6-4-17(5-7-18)16(3)8-11-20-12-10-19-14-20/h4-8,10,12,14-15H,9,11,13H2,1-3H3. The molecule has 21 heavy (non-hydrogen) atoms. The average molecular weight is 300 g/mol. The van der Waals surface area contributed by atoms with Crippen LogP contribution in [0.15, 0.2) is 54.0 Å². The van der Waals surface area contributed by atoms with Crippen LogP contribution < -0.4 is 0 Å². The molecule has 0 saturated carbocycles. The Labute approximate surface area is 132 Å². The monoisotopic (exact) mass is 300 g/mol. The Morgan fingerprint density at radius 1 is 1.29 bits per heavy atom. The number of hydrogen-bond acceptors (Lipinski definition) is 2. The number of aromatic nitrogens is 2. The highest BCUT2D eigenvalue weighted by atomic mass is 32.2. The molecule has 2 rings (SSSR count).